The van der Waals surface area contributed by atoms with Crippen molar-refractivity contribution in [3.8, 4) is 0 Å². The Bertz CT molecular complexity index is 154. The Balaban J connectivity index is 3.34. The van der Waals surface area contributed by atoms with Crippen molar-refractivity contribution in [3.63, 3.8) is 0 Å². The second kappa shape index (κ2) is 7.77. The number of unbranched alkanes of at least 4 members (excludes halogenated alkanes) is 2. The molecule has 1 atom stereocenters. The van der Waals surface area contributed by atoms with Crippen LogP contribution in [0.5, 0.6) is 0 Å². The van der Waals surface area contributed by atoms with E-state index in [0.717, 1.165) is 25.5 Å². The lowest BCUT2D eigenvalue weighted by atomic mass is 10.1. The molecule has 0 spiro atoms. The first-order chi connectivity index (χ1) is 6.20. The van der Waals surface area contributed by atoms with Crippen LogP contribution in [0.15, 0.2) is 0 Å². The van der Waals surface area contributed by atoms with Crippen molar-refractivity contribution in [1.29, 1.82) is 0 Å². The zero-order valence-electron chi connectivity index (χ0n) is 8.41. The fraction of sp³-hybridized carbons (Fsp3) is 0.800. The van der Waals surface area contributed by atoms with Crippen LogP contribution >= 0.6 is 0 Å². The Kier molecular flexibility index (Phi) is 7.26. The van der Waals surface area contributed by atoms with E-state index in [2.05, 4.69) is 0 Å². The Hall–Kier alpha value is -0.860. The van der Waals surface area contributed by atoms with Gasteiger partial charge in [-0.25, -0.2) is 0 Å². The molecule has 13 heavy (non-hydrogen) atoms. The number of hydrogen-bond donors (Lipinski definition) is 0. The van der Waals surface area contributed by atoms with Crippen molar-refractivity contribution < 1.29 is 14.3 Å². The van der Waals surface area contributed by atoms with Crippen LogP contribution in [-0.4, -0.2) is 18.4 Å². The van der Waals surface area contributed by atoms with Crippen molar-refractivity contribution in [2.45, 2.75) is 52.1 Å². The maximum atomic E-state index is 10.8. The summed E-state index contributed by atoms with van der Waals surface area (Å²) >= 11 is 0. The Labute approximate surface area is 79.5 Å². The van der Waals surface area contributed by atoms with E-state index in [4.69, 9.17) is 4.74 Å². The summed E-state index contributed by atoms with van der Waals surface area (Å²) in [7, 11) is 0. The first kappa shape index (κ1) is 12.1. The van der Waals surface area contributed by atoms with Crippen LogP contribution in [0.2, 0.25) is 0 Å². The third-order valence-electron chi connectivity index (χ3n) is 1.80. The topological polar surface area (TPSA) is 43.4 Å². The maximum absolute atomic E-state index is 10.8. The van der Waals surface area contributed by atoms with Crippen LogP contribution in [0.1, 0.15) is 46.0 Å². The van der Waals surface area contributed by atoms with Gasteiger partial charge in [0.25, 0.3) is 0 Å². The summed E-state index contributed by atoms with van der Waals surface area (Å²) in [5.41, 5.74) is 0. The van der Waals surface area contributed by atoms with Crippen LogP contribution in [0.3, 0.4) is 0 Å². The molecule has 0 aliphatic heterocycles. The highest BCUT2D eigenvalue weighted by Gasteiger charge is 2.06. The van der Waals surface area contributed by atoms with Crippen molar-refractivity contribution >= 4 is 12.3 Å². The van der Waals surface area contributed by atoms with Crippen LogP contribution in [0.4, 0.5) is 0 Å². The Morgan fingerprint density at radius 2 is 2.15 bits per heavy atom. The average molecular weight is 186 g/mol. The number of ether oxygens (including phenoxy) is 1. The highest BCUT2D eigenvalue weighted by atomic mass is 16.5. The van der Waals surface area contributed by atoms with Crippen LogP contribution in [-0.2, 0) is 14.3 Å². The van der Waals surface area contributed by atoms with Gasteiger partial charge >= 0.3 is 5.97 Å². The number of carbonyl (C=O) groups excluding carboxylic acids is 2. The molecule has 0 aliphatic carbocycles. The van der Waals surface area contributed by atoms with Crippen LogP contribution < -0.4 is 0 Å². The van der Waals surface area contributed by atoms with E-state index in [1.54, 1.807) is 6.92 Å². The van der Waals surface area contributed by atoms with Crippen molar-refractivity contribution in [1.82, 2.24) is 0 Å². The molecule has 3 nitrogen and oxygen atoms in total. The monoisotopic (exact) mass is 186 g/mol. The molecular formula is C10H18O3. The van der Waals surface area contributed by atoms with Gasteiger partial charge in [-0.2, -0.15) is 0 Å². The summed E-state index contributed by atoms with van der Waals surface area (Å²) in [6.45, 7) is 3.66. The summed E-state index contributed by atoms with van der Waals surface area (Å²) in [6, 6.07) is 0. The largest absolute Gasteiger partial charge is 0.463 e. The molecule has 76 valence electrons. The first-order valence-corrected chi connectivity index (χ1v) is 4.83. The smallest absolute Gasteiger partial charge is 0.305 e. The number of rotatable bonds is 7. The molecule has 0 N–H and O–H groups in total. The number of esters is 1. The minimum Gasteiger partial charge on any atom is -0.463 e. The van der Waals surface area contributed by atoms with E-state index < -0.39 is 0 Å². The van der Waals surface area contributed by atoms with E-state index in [9.17, 15) is 9.59 Å². The fourth-order valence-corrected chi connectivity index (χ4v) is 1.03. The lowest BCUT2D eigenvalue weighted by Crippen LogP contribution is -2.13. The summed E-state index contributed by atoms with van der Waals surface area (Å²) in [6.07, 6.45) is 4.61. The molecule has 0 fully saturated rings. The van der Waals surface area contributed by atoms with E-state index in [0.29, 0.717) is 12.8 Å². The second-order valence-electron chi connectivity index (χ2n) is 3.11. The minimum atomic E-state index is -0.150. The Morgan fingerprint density at radius 3 is 2.69 bits per heavy atom. The van der Waals surface area contributed by atoms with E-state index >= 15 is 0 Å². The molecule has 0 aromatic carbocycles. The first-order valence-electron chi connectivity index (χ1n) is 4.83. The summed E-state index contributed by atoms with van der Waals surface area (Å²) in [4.78, 5) is 20.8. The predicted molar refractivity (Wildman–Crippen MR) is 50.4 cm³/mol. The zero-order valence-corrected chi connectivity index (χ0v) is 8.41. The van der Waals surface area contributed by atoms with Gasteiger partial charge in [-0.15, -0.1) is 0 Å². The third kappa shape index (κ3) is 7.50. The van der Waals surface area contributed by atoms with Gasteiger partial charge in [0.05, 0.1) is 6.10 Å². The van der Waals surface area contributed by atoms with Gasteiger partial charge in [0.2, 0.25) is 0 Å². The highest BCUT2D eigenvalue weighted by Crippen LogP contribution is 2.06. The summed E-state index contributed by atoms with van der Waals surface area (Å²) in [5, 5.41) is 0. The van der Waals surface area contributed by atoms with Crippen LogP contribution in [0, 0.1) is 0 Å². The van der Waals surface area contributed by atoms with Crippen molar-refractivity contribution in [3.05, 3.63) is 0 Å². The molecule has 0 aromatic heterocycles. The molecule has 0 bridgehead atoms. The lowest BCUT2D eigenvalue weighted by molar-refractivity contribution is -0.148. The molecule has 0 saturated carbocycles. The van der Waals surface area contributed by atoms with E-state index in [1.165, 1.54) is 0 Å². The van der Waals surface area contributed by atoms with Crippen molar-refractivity contribution in [2.75, 3.05) is 0 Å². The fourth-order valence-electron chi connectivity index (χ4n) is 1.03. The predicted octanol–water partition coefficient (Wildman–Crippen LogP) is 2.09. The molecule has 0 radical (unpaired) electrons. The van der Waals surface area contributed by atoms with Gasteiger partial charge in [-0.3, -0.25) is 4.79 Å². The average Bonchev–Trinajstić information content (AvgIpc) is 2.12. The third-order valence-corrected chi connectivity index (χ3v) is 1.80. The van der Waals surface area contributed by atoms with E-state index in [1.807, 2.05) is 6.92 Å². The summed E-state index contributed by atoms with van der Waals surface area (Å²) < 4.78 is 5.05. The van der Waals surface area contributed by atoms with Gasteiger partial charge in [-0.05, 0) is 26.2 Å². The van der Waals surface area contributed by atoms with Crippen LogP contribution in [0.25, 0.3) is 0 Å². The maximum Gasteiger partial charge on any atom is 0.305 e. The molecule has 0 aliphatic rings. The van der Waals surface area contributed by atoms with Gasteiger partial charge in [0.15, 0.2) is 0 Å². The standard InChI is InChI=1S/C10H18O3/c1-3-10(12)13-9(2)7-5-4-6-8-11/h8-9H,3-7H2,1-2H3/t9-/m1/s1. The molecule has 3 heteroatoms. The minimum absolute atomic E-state index is 0.0147. The zero-order chi connectivity index (χ0) is 10.1. The number of hydrogen-bond acceptors (Lipinski definition) is 3. The lowest BCUT2D eigenvalue weighted by Gasteiger charge is -2.11. The van der Waals surface area contributed by atoms with Crippen molar-refractivity contribution in [2.24, 2.45) is 0 Å². The molecule has 0 rings (SSSR count). The molecule has 0 heterocycles. The SMILES string of the molecule is CCC(=O)O[C@H](C)CCCCC=O. The van der Waals surface area contributed by atoms with Gasteiger partial charge in [0, 0.05) is 12.8 Å². The Morgan fingerprint density at radius 1 is 1.46 bits per heavy atom. The molecule has 0 unspecified atom stereocenters. The molecular weight excluding hydrogens is 168 g/mol. The summed E-state index contributed by atoms with van der Waals surface area (Å²) in [5.74, 6) is -0.150. The molecule has 0 saturated heterocycles. The van der Waals surface area contributed by atoms with E-state index in [-0.39, 0.29) is 12.1 Å². The van der Waals surface area contributed by atoms with Gasteiger partial charge in [0.1, 0.15) is 6.29 Å². The number of carbonyl (C=O) groups is 2. The second-order valence-corrected chi connectivity index (χ2v) is 3.11. The van der Waals surface area contributed by atoms with Gasteiger partial charge < -0.3 is 9.53 Å². The number of aldehydes is 1. The highest BCUT2D eigenvalue weighted by molar-refractivity contribution is 5.69. The molecule has 0 aromatic rings. The van der Waals surface area contributed by atoms with Gasteiger partial charge in [-0.1, -0.05) is 6.92 Å². The normalized spacial score (nSPS) is 12.2. The molecule has 0 amide bonds. The quantitative estimate of drug-likeness (QED) is 0.347.